The van der Waals surface area contributed by atoms with E-state index in [0.29, 0.717) is 36.0 Å². The quantitative estimate of drug-likeness (QED) is 0.660. The zero-order valence-electron chi connectivity index (χ0n) is 15.2. The Labute approximate surface area is 169 Å². The van der Waals surface area contributed by atoms with E-state index in [1.54, 1.807) is 21.6 Å². The summed E-state index contributed by atoms with van der Waals surface area (Å²) in [5.74, 6) is -1.43. The first-order valence-corrected chi connectivity index (χ1v) is 9.72. The number of hydrogen-bond acceptors (Lipinski definition) is 2. The number of aryl methyl sites for hydroxylation is 1. The zero-order chi connectivity index (χ0) is 20.0. The Kier molecular flexibility index (Phi) is 4.71. The normalized spacial score (nSPS) is 13.6. The molecule has 0 saturated carbocycles. The Morgan fingerprint density at radius 1 is 1.25 bits per heavy atom. The van der Waals surface area contributed by atoms with E-state index in [1.165, 1.54) is 12.1 Å². The van der Waals surface area contributed by atoms with Crippen molar-refractivity contribution in [1.82, 2.24) is 9.47 Å². The highest BCUT2D eigenvalue weighted by Gasteiger charge is 2.28. The van der Waals surface area contributed by atoms with Crippen molar-refractivity contribution in [2.24, 2.45) is 0 Å². The summed E-state index contributed by atoms with van der Waals surface area (Å²) in [6, 6.07) is 9.91. The van der Waals surface area contributed by atoms with E-state index in [-0.39, 0.29) is 18.3 Å². The van der Waals surface area contributed by atoms with Crippen LogP contribution >= 0.6 is 15.9 Å². The lowest BCUT2D eigenvalue weighted by Gasteiger charge is -2.28. The third kappa shape index (κ3) is 3.09. The molecule has 0 saturated heterocycles. The number of benzene rings is 2. The molecule has 1 aromatic heterocycles. The van der Waals surface area contributed by atoms with Crippen LogP contribution in [0, 0.1) is 12.7 Å². The first kappa shape index (κ1) is 18.7. The van der Waals surface area contributed by atoms with E-state index in [4.69, 9.17) is 0 Å². The number of carboxylic acids is 1. The molecule has 144 valence electrons. The molecule has 0 unspecified atom stereocenters. The molecule has 0 atom stereocenters. The smallest absolute Gasteiger partial charge is 0.323 e. The number of hydrogen-bond donors (Lipinski definition) is 1. The predicted octanol–water partition coefficient (Wildman–Crippen LogP) is 4.13. The molecule has 0 spiro atoms. The van der Waals surface area contributed by atoms with Gasteiger partial charge in [-0.2, -0.15) is 0 Å². The molecule has 0 radical (unpaired) electrons. The predicted molar refractivity (Wildman–Crippen MR) is 107 cm³/mol. The van der Waals surface area contributed by atoms with Crippen LogP contribution in [-0.2, 0) is 24.3 Å². The maximum Gasteiger partial charge on any atom is 0.323 e. The second-order valence-electron chi connectivity index (χ2n) is 6.98. The molecule has 1 amide bonds. The SMILES string of the molecule is Cc1cccc(C(=O)N2CCc3c(c4cc(F)ccc4n3CC(=O)O)C2)c1Br. The summed E-state index contributed by atoms with van der Waals surface area (Å²) in [5, 5.41) is 9.95. The van der Waals surface area contributed by atoms with Gasteiger partial charge in [-0.3, -0.25) is 9.59 Å². The highest BCUT2D eigenvalue weighted by molar-refractivity contribution is 9.10. The van der Waals surface area contributed by atoms with Crippen molar-refractivity contribution in [3.63, 3.8) is 0 Å². The van der Waals surface area contributed by atoms with Crippen LogP contribution in [-0.4, -0.2) is 33.0 Å². The number of halogens is 2. The average Bonchev–Trinajstić information content (AvgIpc) is 2.95. The van der Waals surface area contributed by atoms with E-state index in [2.05, 4.69) is 15.9 Å². The van der Waals surface area contributed by atoms with Crippen LogP contribution in [0.15, 0.2) is 40.9 Å². The third-order valence-corrected chi connectivity index (χ3v) is 6.27. The molecule has 1 aliphatic heterocycles. The fourth-order valence-corrected chi connectivity index (χ4v) is 4.33. The first-order valence-electron chi connectivity index (χ1n) is 8.92. The average molecular weight is 445 g/mol. The minimum Gasteiger partial charge on any atom is -0.480 e. The van der Waals surface area contributed by atoms with Gasteiger partial charge in [0.25, 0.3) is 5.91 Å². The van der Waals surface area contributed by atoms with Crippen LogP contribution in [0.5, 0.6) is 0 Å². The van der Waals surface area contributed by atoms with Crippen molar-refractivity contribution >= 4 is 38.7 Å². The molecule has 4 rings (SSSR count). The van der Waals surface area contributed by atoms with E-state index in [0.717, 1.165) is 21.3 Å². The number of amides is 1. The largest absolute Gasteiger partial charge is 0.480 e. The van der Waals surface area contributed by atoms with Crippen LogP contribution in [0.4, 0.5) is 4.39 Å². The van der Waals surface area contributed by atoms with Gasteiger partial charge in [-0.15, -0.1) is 0 Å². The second kappa shape index (κ2) is 7.05. The van der Waals surface area contributed by atoms with Crippen LogP contribution < -0.4 is 0 Å². The Morgan fingerprint density at radius 3 is 2.79 bits per heavy atom. The molecule has 1 N–H and O–H groups in total. The van der Waals surface area contributed by atoms with Gasteiger partial charge in [0.15, 0.2) is 0 Å². The summed E-state index contributed by atoms with van der Waals surface area (Å²) in [6.07, 6.45) is 0.522. The molecule has 28 heavy (non-hydrogen) atoms. The van der Waals surface area contributed by atoms with Gasteiger partial charge in [0.1, 0.15) is 12.4 Å². The molecule has 0 fully saturated rings. The number of rotatable bonds is 3. The molecule has 5 nitrogen and oxygen atoms in total. The number of carboxylic acid groups (broad SMARTS) is 1. The molecular formula is C21H18BrFN2O3. The van der Waals surface area contributed by atoms with Crippen molar-refractivity contribution in [1.29, 1.82) is 0 Å². The van der Waals surface area contributed by atoms with Crippen molar-refractivity contribution in [2.75, 3.05) is 6.54 Å². The summed E-state index contributed by atoms with van der Waals surface area (Å²) in [6.45, 7) is 2.54. The van der Waals surface area contributed by atoms with Gasteiger partial charge in [-0.05, 0) is 52.7 Å². The lowest BCUT2D eigenvalue weighted by molar-refractivity contribution is -0.137. The standard InChI is InChI=1S/C21H18BrFN2O3/c1-12-3-2-4-14(20(12)22)21(28)24-8-7-18-16(10-24)15-9-13(23)5-6-17(15)25(18)11-19(26)27/h2-6,9H,7-8,10-11H2,1H3,(H,26,27). The van der Waals surface area contributed by atoms with Crippen molar-refractivity contribution in [3.8, 4) is 0 Å². The van der Waals surface area contributed by atoms with Crippen molar-refractivity contribution in [3.05, 3.63) is 69.1 Å². The van der Waals surface area contributed by atoms with Gasteiger partial charge >= 0.3 is 5.97 Å². The van der Waals surface area contributed by atoms with E-state index in [9.17, 15) is 19.1 Å². The van der Waals surface area contributed by atoms with Crippen LogP contribution in [0.2, 0.25) is 0 Å². The topological polar surface area (TPSA) is 62.5 Å². The molecule has 0 bridgehead atoms. The molecule has 3 aromatic rings. The summed E-state index contributed by atoms with van der Waals surface area (Å²) in [5.41, 5.74) is 3.92. The number of carbonyl (C=O) groups is 2. The Hall–Kier alpha value is -2.67. The molecule has 1 aliphatic rings. The highest BCUT2D eigenvalue weighted by atomic mass is 79.9. The maximum atomic E-state index is 13.9. The summed E-state index contributed by atoms with van der Waals surface area (Å²) >= 11 is 3.49. The summed E-state index contributed by atoms with van der Waals surface area (Å²) in [7, 11) is 0. The van der Waals surface area contributed by atoms with Gasteiger partial charge in [0, 0.05) is 46.1 Å². The zero-order valence-corrected chi connectivity index (χ0v) is 16.8. The third-order valence-electron chi connectivity index (χ3n) is 5.22. The van der Waals surface area contributed by atoms with Gasteiger partial charge in [-0.1, -0.05) is 12.1 Å². The minimum atomic E-state index is -0.953. The van der Waals surface area contributed by atoms with Crippen molar-refractivity contribution in [2.45, 2.75) is 26.4 Å². The first-order chi connectivity index (χ1) is 13.4. The van der Waals surface area contributed by atoms with Gasteiger partial charge < -0.3 is 14.6 Å². The minimum absolute atomic E-state index is 0.100. The number of fused-ring (bicyclic) bond motifs is 3. The van der Waals surface area contributed by atoms with E-state index >= 15 is 0 Å². The Bertz CT molecular complexity index is 1120. The molecule has 2 aromatic carbocycles. The van der Waals surface area contributed by atoms with E-state index in [1.807, 2.05) is 19.1 Å². The highest BCUT2D eigenvalue weighted by Crippen LogP contribution is 2.33. The van der Waals surface area contributed by atoms with Gasteiger partial charge in [0.2, 0.25) is 0 Å². The fourth-order valence-electron chi connectivity index (χ4n) is 3.89. The number of aliphatic carboxylic acids is 1. The number of carbonyl (C=O) groups excluding carboxylic acids is 1. The number of nitrogens with zero attached hydrogens (tertiary/aromatic N) is 2. The lowest BCUT2D eigenvalue weighted by atomic mass is 10.0. The summed E-state index contributed by atoms with van der Waals surface area (Å²) in [4.78, 5) is 26.1. The monoisotopic (exact) mass is 444 g/mol. The Morgan fingerprint density at radius 2 is 2.04 bits per heavy atom. The van der Waals surface area contributed by atoms with Crippen LogP contribution in [0.25, 0.3) is 10.9 Å². The molecular weight excluding hydrogens is 427 g/mol. The van der Waals surface area contributed by atoms with Crippen molar-refractivity contribution < 1.29 is 19.1 Å². The molecule has 7 heteroatoms. The van der Waals surface area contributed by atoms with Crippen LogP contribution in [0.1, 0.15) is 27.2 Å². The van der Waals surface area contributed by atoms with E-state index < -0.39 is 5.97 Å². The summed E-state index contributed by atoms with van der Waals surface area (Å²) < 4.78 is 16.4. The fraction of sp³-hybridized carbons (Fsp3) is 0.238. The maximum absolute atomic E-state index is 13.9. The number of aromatic nitrogens is 1. The van der Waals surface area contributed by atoms with Gasteiger partial charge in [-0.25, -0.2) is 4.39 Å². The Balaban J connectivity index is 1.77. The van der Waals surface area contributed by atoms with Crippen LogP contribution in [0.3, 0.4) is 0 Å². The molecule has 0 aliphatic carbocycles. The van der Waals surface area contributed by atoms with Gasteiger partial charge in [0.05, 0.1) is 5.56 Å². The second-order valence-corrected chi connectivity index (χ2v) is 7.77. The lowest BCUT2D eigenvalue weighted by Crippen LogP contribution is -2.36. The molecule has 2 heterocycles.